The number of aromatic nitrogens is 1. The number of benzene rings is 5. The van der Waals surface area contributed by atoms with Gasteiger partial charge in [-0.15, -0.1) is 0 Å². The van der Waals surface area contributed by atoms with Crippen molar-refractivity contribution in [1.29, 1.82) is 0 Å². The van der Waals surface area contributed by atoms with Crippen LogP contribution in [0.5, 0.6) is 11.5 Å². The maximum Gasteiger partial charge on any atom is 0.228 e. The first kappa shape index (κ1) is 23.0. The monoisotopic (exact) mass is 494 g/mol. The first-order valence-corrected chi connectivity index (χ1v) is 13.5. The number of ether oxygens (including phenoxy) is 1. The van der Waals surface area contributed by atoms with E-state index in [1.165, 1.54) is 65.8 Å². The third kappa shape index (κ3) is 3.36. The van der Waals surface area contributed by atoms with Crippen LogP contribution in [0.15, 0.2) is 91.1 Å². The van der Waals surface area contributed by atoms with Crippen molar-refractivity contribution in [1.82, 2.24) is 0 Å². The van der Waals surface area contributed by atoms with Gasteiger partial charge in [0.1, 0.15) is 18.5 Å². The SMILES string of the molecule is Cc1c2c(c(CC(C)(C)C)c3ccccc13)Oc1cc3cccc(-c4ccccc4)c3c3cc[n+](C)c-2c13. The molecule has 0 radical (unpaired) electrons. The van der Waals surface area contributed by atoms with Crippen LogP contribution in [0.2, 0.25) is 0 Å². The Kier molecular flexibility index (Phi) is 4.94. The molecule has 0 aliphatic carbocycles. The summed E-state index contributed by atoms with van der Waals surface area (Å²) in [5.74, 6) is 1.96. The molecule has 5 aromatic carbocycles. The highest BCUT2D eigenvalue weighted by atomic mass is 16.5. The van der Waals surface area contributed by atoms with Gasteiger partial charge in [-0.2, -0.15) is 0 Å². The van der Waals surface area contributed by atoms with Crippen molar-refractivity contribution < 1.29 is 9.30 Å². The molecule has 0 bridgehead atoms. The van der Waals surface area contributed by atoms with Crippen LogP contribution < -0.4 is 9.30 Å². The minimum atomic E-state index is 0.123. The highest BCUT2D eigenvalue weighted by Gasteiger charge is 2.34. The van der Waals surface area contributed by atoms with Crippen LogP contribution in [0.25, 0.3) is 54.7 Å². The number of fused-ring (bicyclic) bond motifs is 5. The van der Waals surface area contributed by atoms with Crippen molar-refractivity contribution in [3.8, 4) is 33.9 Å². The average Bonchev–Trinajstić information content (AvgIpc) is 2.91. The van der Waals surface area contributed by atoms with E-state index in [0.29, 0.717) is 0 Å². The Morgan fingerprint density at radius 3 is 2.26 bits per heavy atom. The first-order chi connectivity index (χ1) is 18.3. The maximum atomic E-state index is 7.01. The lowest BCUT2D eigenvalue weighted by Gasteiger charge is -2.28. The zero-order valence-electron chi connectivity index (χ0n) is 22.7. The molecule has 0 N–H and O–H groups in total. The van der Waals surface area contributed by atoms with Gasteiger partial charge in [-0.25, -0.2) is 4.57 Å². The van der Waals surface area contributed by atoms with Gasteiger partial charge in [0.05, 0.1) is 10.9 Å². The van der Waals surface area contributed by atoms with Crippen LogP contribution in [0.3, 0.4) is 0 Å². The van der Waals surface area contributed by atoms with E-state index in [1.807, 2.05) is 0 Å². The van der Waals surface area contributed by atoms with Crippen LogP contribution in [0.4, 0.5) is 0 Å². The van der Waals surface area contributed by atoms with E-state index in [1.54, 1.807) is 0 Å². The van der Waals surface area contributed by atoms with E-state index < -0.39 is 0 Å². The van der Waals surface area contributed by atoms with E-state index in [2.05, 4.69) is 130 Å². The lowest BCUT2D eigenvalue weighted by Crippen LogP contribution is -2.32. The van der Waals surface area contributed by atoms with Crippen LogP contribution in [-0.4, -0.2) is 0 Å². The van der Waals surface area contributed by atoms with Crippen LogP contribution in [-0.2, 0) is 13.5 Å². The molecule has 0 saturated carbocycles. The van der Waals surface area contributed by atoms with Gasteiger partial charge in [0.2, 0.25) is 5.69 Å². The van der Waals surface area contributed by atoms with Crippen molar-refractivity contribution in [2.24, 2.45) is 12.5 Å². The number of nitrogens with zero attached hydrogens (tertiary/aromatic N) is 1. The topological polar surface area (TPSA) is 13.1 Å². The minimum Gasteiger partial charge on any atom is -0.455 e. The average molecular weight is 495 g/mol. The molecule has 1 aromatic heterocycles. The zero-order valence-corrected chi connectivity index (χ0v) is 22.7. The van der Waals surface area contributed by atoms with Crippen LogP contribution in [0, 0.1) is 12.3 Å². The number of rotatable bonds is 2. The molecule has 186 valence electrons. The smallest absolute Gasteiger partial charge is 0.228 e. The molecule has 0 fully saturated rings. The number of aryl methyl sites for hydroxylation is 2. The Morgan fingerprint density at radius 2 is 1.50 bits per heavy atom. The molecular weight excluding hydrogens is 462 g/mol. The van der Waals surface area contributed by atoms with Gasteiger partial charge in [-0.3, -0.25) is 0 Å². The summed E-state index contributed by atoms with van der Waals surface area (Å²) in [4.78, 5) is 0. The molecule has 7 rings (SSSR count). The highest BCUT2D eigenvalue weighted by Crippen LogP contribution is 2.53. The van der Waals surface area contributed by atoms with Crippen molar-refractivity contribution in [2.45, 2.75) is 34.1 Å². The molecule has 2 heterocycles. The van der Waals surface area contributed by atoms with E-state index in [0.717, 1.165) is 17.9 Å². The number of pyridine rings is 1. The van der Waals surface area contributed by atoms with E-state index in [-0.39, 0.29) is 5.41 Å². The molecular formula is C36H32NO+. The summed E-state index contributed by atoms with van der Waals surface area (Å²) in [7, 11) is 2.17. The largest absolute Gasteiger partial charge is 0.455 e. The Hall–Kier alpha value is -4.17. The predicted molar refractivity (Wildman–Crippen MR) is 159 cm³/mol. The Balaban J connectivity index is 1.65. The van der Waals surface area contributed by atoms with Gasteiger partial charge in [0, 0.05) is 17.0 Å². The fraction of sp³-hybridized carbons (Fsp3) is 0.194. The molecule has 0 spiro atoms. The summed E-state index contributed by atoms with van der Waals surface area (Å²) >= 11 is 0. The van der Waals surface area contributed by atoms with Gasteiger partial charge >= 0.3 is 0 Å². The lowest BCUT2D eigenvalue weighted by atomic mass is 9.81. The van der Waals surface area contributed by atoms with E-state index in [9.17, 15) is 0 Å². The van der Waals surface area contributed by atoms with Crippen molar-refractivity contribution in [3.05, 3.63) is 102 Å². The van der Waals surface area contributed by atoms with Gasteiger partial charge < -0.3 is 4.74 Å². The van der Waals surface area contributed by atoms with Gasteiger partial charge in [-0.1, -0.05) is 93.6 Å². The fourth-order valence-corrected chi connectivity index (χ4v) is 6.42. The summed E-state index contributed by atoms with van der Waals surface area (Å²) in [5, 5.41) is 7.51. The van der Waals surface area contributed by atoms with Crippen molar-refractivity contribution in [3.63, 3.8) is 0 Å². The molecule has 1 aliphatic rings. The van der Waals surface area contributed by atoms with Crippen LogP contribution in [0.1, 0.15) is 31.9 Å². The van der Waals surface area contributed by atoms with Crippen molar-refractivity contribution in [2.75, 3.05) is 0 Å². The summed E-state index contributed by atoms with van der Waals surface area (Å²) in [6, 6.07) is 30.7. The molecule has 2 nitrogen and oxygen atoms in total. The predicted octanol–water partition coefficient (Wildman–Crippen LogP) is 9.31. The molecule has 2 heteroatoms. The third-order valence-electron chi connectivity index (χ3n) is 8.00. The summed E-state index contributed by atoms with van der Waals surface area (Å²) in [6.45, 7) is 9.18. The summed E-state index contributed by atoms with van der Waals surface area (Å²) < 4.78 is 9.30. The summed E-state index contributed by atoms with van der Waals surface area (Å²) in [5.41, 5.74) is 7.64. The normalized spacial score (nSPS) is 12.7. The molecule has 6 aromatic rings. The second-order valence-electron chi connectivity index (χ2n) is 11.9. The van der Waals surface area contributed by atoms with E-state index >= 15 is 0 Å². The highest BCUT2D eigenvalue weighted by molar-refractivity contribution is 6.20. The summed E-state index contributed by atoms with van der Waals surface area (Å²) in [6.07, 6.45) is 3.16. The van der Waals surface area contributed by atoms with Crippen LogP contribution >= 0.6 is 0 Å². The minimum absolute atomic E-state index is 0.123. The zero-order chi connectivity index (χ0) is 26.2. The lowest BCUT2D eigenvalue weighted by molar-refractivity contribution is -0.659. The standard InChI is InChI=1S/C36H32NO/c1-22-25-15-9-10-16-27(25)29(21-36(2,3)4)35-31(22)34-33-28(18-19-37(34)5)32-24(20-30(33)38-35)14-11-17-26(32)23-12-7-6-8-13-23/h6-20H,21H2,1-5H3/q+1. The van der Waals surface area contributed by atoms with Gasteiger partial charge in [-0.05, 0) is 63.1 Å². The molecule has 0 saturated heterocycles. The Labute approximate surface area is 224 Å². The number of hydrogen-bond donors (Lipinski definition) is 0. The Morgan fingerprint density at radius 1 is 0.763 bits per heavy atom. The first-order valence-electron chi connectivity index (χ1n) is 13.5. The molecule has 0 unspecified atom stereocenters. The second kappa shape index (κ2) is 8.16. The van der Waals surface area contributed by atoms with Crippen molar-refractivity contribution >= 4 is 32.3 Å². The maximum absolute atomic E-state index is 7.01. The Bertz CT molecular complexity index is 1910. The molecule has 0 atom stereocenters. The quantitative estimate of drug-likeness (QED) is 0.172. The molecule has 38 heavy (non-hydrogen) atoms. The molecule has 1 aliphatic heterocycles. The van der Waals surface area contributed by atoms with Gasteiger partial charge in [0.15, 0.2) is 6.20 Å². The van der Waals surface area contributed by atoms with E-state index in [4.69, 9.17) is 4.74 Å². The van der Waals surface area contributed by atoms with Gasteiger partial charge in [0.25, 0.3) is 0 Å². The second-order valence-corrected chi connectivity index (χ2v) is 11.9. The third-order valence-corrected chi connectivity index (χ3v) is 8.00. The fourth-order valence-electron chi connectivity index (χ4n) is 6.42. The molecule has 0 amide bonds. The number of hydrogen-bond acceptors (Lipinski definition) is 1.